The number of hydrogen-bond acceptors (Lipinski definition) is 3. The van der Waals surface area contributed by atoms with Gasteiger partial charge >= 0.3 is 0 Å². The lowest BCUT2D eigenvalue weighted by atomic mass is 9.94. The van der Waals surface area contributed by atoms with Crippen LogP contribution in [0, 0.1) is 5.92 Å². The Labute approximate surface area is 110 Å². The number of hydrogen-bond donors (Lipinski definition) is 0. The second kappa shape index (κ2) is 4.65. The Bertz CT molecular complexity index is 606. The van der Waals surface area contributed by atoms with Gasteiger partial charge < -0.3 is 4.74 Å². The normalized spacial score (nSPS) is 18.5. The van der Waals surface area contributed by atoms with Crippen molar-refractivity contribution in [1.82, 2.24) is 0 Å². The van der Waals surface area contributed by atoms with Crippen molar-refractivity contribution in [3.63, 3.8) is 0 Å². The first-order chi connectivity index (χ1) is 8.81. The highest BCUT2D eigenvalue weighted by atomic mass is 32.2. The molecular weight excluding hydrogens is 244 g/mol. The monoisotopic (exact) mass is 258 g/mol. The Kier molecular flexibility index (Phi) is 3.00. The van der Waals surface area contributed by atoms with Crippen LogP contribution in [0.5, 0.6) is 5.75 Å². The molecule has 0 fully saturated rings. The Balaban J connectivity index is 2.12. The first-order valence-corrected chi connectivity index (χ1v) is 7.38. The summed E-state index contributed by atoms with van der Waals surface area (Å²) in [6, 6.07) is 11.9. The first kappa shape index (κ1) is 11.6. The fourth-order valence-electron chi connectivity index (χ4n) is 2.40. The molecule has 1 unspecified atom stereocenters. The lowest BCUT2D eigenvalue weighted by Crippen LogP contribution is -2.29. The van der Waals surface area contributed by atoms with Crippen LogP contribution in [-0.4, -0.2) is 24.4 Å². The van der Waals surface area contributed by atoms with Gasteiger partial charge in [-0.1, -0.05) is 30.3 Å². The van der Waals surface area contributed by atoms with Gasteiger partial charge in [-0.25, -0.2) is 0 Å². The standard InChI is InChI=1S/C15H14O2S/c1-18-9-11-8-17-15-12-5-3-2-4-10(12)6-7-13(15)14(11)16/h2-7,11H,8-9H2,1H3. The van der Waals surface area contributed by atoms with Gasteiger partial charge in [0.25, 0.3) is 0 Å². The second-order valence-corrected chi connectivity index (χ2v) is 5.40. The minimum absolute atomic E-state index is 0.00587. The molecule has 2 nitrogen and oxygen atoms in total. The van der Waals surface area contributed by atoms with Crippen LogP contribution in [-0.2, 0) is 0 Å². The number of ether oxygens (including phenoxy) is 1. The van der Waals surface area contributed by atoms with Crippen molar-refractivity contribution in [3.8, 4) is 5.75 Å². The van der Waals surface area contributed by atoms with E-state index < -0.39 is 0 Å². The van der Waals surface area contributed by atoms with E-state index in [4.69, 9.17) is 4.74 Å². The molecule has 2 aromatic carbocycles. The molecule has 0 aromatic heterocycles. The maximum atomic E-state index is 12.4. The zero-order chi connectivity index (χ0) is 12.5. The topological polar surface area (TPSA) is 26.3 Å². The second-order valence-electron chi connectivity index (χ2n) is 4.49. The van der Waals surface area contributed by atoms with Crippen molar-refractivity contribution in [2.45, 2.75) is 0 Å². The molecule has 1 atom stereocenters. The van der Waals surface area contributed by atoms with Crippen molar-refractivity contribution >= 4 is 28.3 Å². The summed E-state index contributed by atoms with van der Waals surface area (Å²) in [4.78, 5) is 12.4. The van der Waals surface area contributed by atoms with Crippen molar-refractivity contribution in [2.24, 2.45) is 5.92 Å². The quantitative estimate of drug-likeness (QED) is 0.826. The molecule has 3 heteroatoms. The van der Waals surface area contributed by atoms with E-state index in [1.165, 1.54) is 0 Å². The minimum atomic E-state index is -0.00587. The van der Waals surface area contributed by atoms with Crippen molar-refractivity contribution < 1.29 is 9.53 Å². The molecule has 0 aliphatic carbocycles. The van der Waals surface area contributed by atoms with Gasteiger partial charge in [-0.05, 0) is 17.7 Å². The summed E-state index contributed by atoms with van der Waals surface area (Å²) in [5, 5.41) is 2.15. The van der Waals surface area contributed by atoms with E-state index >= 15 is 0 Å². The molecule has 0 N–H and O–H groups in total. The molecule has 1 aliphatic heterocycles. The minimum Gasteiger partial charge on any atom is -0.491 e. The molecule has 18 heavy (non-hydrogen) atoms. The van der Waals surface area contributed by atoms with Gasteiger partial charge in [-0.2, -0.15) is 11.8 Å². The number of thioether (sulfide) groups is 1. The first-order valence-electron chi connectivity index (χ1n) is 5.99. The Hall–Kier alpha value is -1.48. The van der Waals surface area contributed by atoms with Crippen LogP contribution in [0.2, 0.25) is 0 Å². The third kappa shape index (κ3) is 1.79. The van der Waals surface area contributed by atoms with Crippen LogP contribution in [0.15, 0.2) is 36.4 Å². The van der Waals surface area contributed by atoms with Crippen LogP contribution < -0.4 is 4.74 Å². The van der Waals surface area contributed by atoms with Crippen LogP contribution in [0.1, 0.15) is 10.4 Å². The smallest absolute Gasteiger partial charge is 0.173 e. The van der Waals surface area contributed by atoms with E-state index in [1.807, 2.05) is 42.7 Å². The molecule has 0 spiro atoms. The maximum absolute atomic E-state index is 12.4. The molecule has 0 amide bonds. The highest BCUT2D eigenvalue weighted by molar-refractivity contribution is 7.98. The number of carbonyl (C=O) groups excluding carboxylic acids is 1. The SMILES string of the molecule is CSCC1COc2c(ccc3ccccc23)C1=O. The van der Waals surface area contributed by atoms with E-state index in [1.54, 1.807) is 11.8 Å². The summed E-state index contributed by atoms with van der Waals surface area (Å²) in [5.74, 6) is 1.80. The summed E-state index contributed by atoms with van der Waals surface area (Å²) in [6.45, 7) is 0.501. The van der Waals surface area contributed by atoms with E-state index in [9.17, 15) is 4.79 Å². The van der Waals surface area contributed by atoms with Gasteiger partial charge in [-0.15, -0.1) is 0 Å². The van der Waals surface area contributed by atoms with Gasteiger partial charge in [0, 0.05) is 11.1 Å². The summed E-state index contributed by atoms with van der Waals surface area (Å²) in [6.07, 6.45) is 2.02. The number of ketones is 1. The van der Waals surface area contributed by atoms with Crippen LogP contribution in [0.3, 0.4) is 0 Å². The molecule has 0 bridgehead atoms. The third-order valence-corrected chi connectivity index (χ3v) is 4.05. The molecule has 92 valence electrons. The number of Topliss-reactive ketones (excluding diaryl/α,β-unsaturated/α-hetero) is 1. The highest BCUT2D eigenvalue weighted by Gasteiger charge is 2.29. The average Bonchev–Trinajstić information content (AvgIpc) is 2.42. The average molecular weight is 258 g/mol. The molecule has 0 radical (unpaired) electrons. The van der Waals surface area contributed by atoms with Crippen LogP contribution in [0.25, 0.3) is 10.8 Å². The number of fused-ring (bicyclic) bond motifs is 3. The molecule has 1 heterocycles. The molecule has 0 saturated carbocycles. The Morgan fingerprint density at radius 3 is 2.94 bits per heavy atom. The molecule has 3 rings (SSSR count). The molecule has 2 aromatic rings. The largest absolute Gasteiger partial charge is 0.491 e. The summed E-state index contributed by atoms with van der Waals surface area (Å²) in [5.41, 5.74) is 0.735. The van der Waals surface area contributed by atoms with Crippen molar-refractivity contribution in [1.29, 1.82) is 0 Å². The van der Waals surface area contributed by atoms with Crippen molar-refractivity contribution in [3.05, 3.63) is 42.0 Å². The summed E-state index contributed by atoms with van der Waals surface area (Å²) in [7, 11) is 0. The summed E-state index contributed by atoms with van der Waals surface area (Å²) >= 11 is 1.69. The predicted octanol–water partition coefficient (Wildman–Crippen LogP) is 3.39. The van der Waals surface area contributed by atoms with Crippen LogP contribution in [0.4, 0.5) is 0 Å². The Morgan fingerprint density at radius 2 is 2.11 bits per heavy atom. The fraction of sp³-hybridized carbons (Fsp3) is 0.267. The maximum Gasteiger partial charge on any atom is 0.173 e. The van der Waals surface area contributed by atoms with Gasteiger partial charge in [-0.3, -0.25) is 4.79 Å². The van der Waals surface area contributed by atoms with E-state index in [0.717, 1.165) is 27.8 Å². The number of rotatable bonds is 2. The molecule has 1 aliphatic rings. The lowest BCUT2D eigenvalue weighted by Gasteiger charge is -2.24. The zero-order valence-electron chi connectivity index (χ0n) is 10.2. The highest BCUT2D eigenvalue weighted by Crippen LogP contribution is 2.35. The van der Waals surface area contributed by atoms with Gasteiger partial charge in [0.05, 0.1) is 18.1 Å². The van der Waals surface area contributed by atoms with Crippen LogP contribution >= 0.6 is 11.8 Å². The Morgan fingerprint density at radius 1 is 1.28 bits per heavy atom. The lowest BCUT2D eigenvalue weighted by molar-refractivity contribution is 0.0855. The molecule has 0 saturated heterocycles. The van der Waals surface area contributed by atoms with E-state index in [-0.39, 0.29) is 11.7 Å². The van der Waals surface area contributed by atoms with Gasteiger partial charge in [0.15, 0.2) is 5.78 Å². The predicted molar refractivity (Wildman–Crippen MR) is 75.6 cm³/mol. The van der Waals surface area contributed by atoms with E-state index in [2.05, 4.69) is 0 Å². The number of carbonyl (C=O) groups is 1. The summed E-state index contributed by atoms with van der Waals surface area (Å²) < 4.78 is 5.84. The fourth-order valence-corrected chi connectivity index (χ4v) is 3.05. The van der Waals surface area contributed by atoms with Crippen molar-refractivity contribution in [2.75, 3.05) is 18.6 Å². The zero-order valence-corrected chi connectivity index (χ0v) is 11.0. The number of benzene rings is 2. The van der Waals surface area contributed by atoms with Gasteiger partial charge in [0.1, 0.15) is 5.75 Å². The van der Waals surface area contributed by atoms with E-state index in [0.29, 0.717) is 6.61 Å². The van der Waals surface area contributed by atoms with Gasteiger partial charge in [0.2, 0.25) is 0 Å². The third-order valence-electron chi connectivity index (χ3n) is 3.31. The molecular formula is C15H14O2S.